The Morgan fingerprint density at radius 2 is 1.73 bits per heavy atom. The van der Waals surface area contributed by atoms with Crippen LogP contribution in [0.4, 0.5) is 0 Å². The van der Waals surface area contributed by atoms with Crippen molar-refractivity contribution in [3.8, 4) is 57.0 Å². The summed E-state index contributed by atoms with van der Waals surface area (Å²) in [6.45, 7) is 10.1. The summed E-state index contributed by atoms with van der Waals surface area (Å²) < 4.78 is 31.7. The van der Waals surface area contributed by atoms with E-state index in [1.165, 1.54) is 11.5 Å². The van der Waals surface area contributed by atoms with Crippen molar-refractivity contribution >= 4 is 39.2 Å². The summed E-state index contributed by atoms with van der Waals surface area (Å²) >= 11 is 8.27. The Kier molecular flexibility index (Phi) is 13.2. The van der Waals surface area contributed by atoms with Gasteiger partial charge in [-0.05, 0) is 85.5 Å². The number of carbonyl (C=O) groups is 1. The van der Waals surface area contributed by atoms with Gasteiger partial charge in [-0.3, -0.25) is 14.6 Å². The number of halogens is 1. The molecule has 14 nitrogen and oxygen atoms in total. The largest absolute Gasteiger partial charge is 0.496 e. The van der Waals surface area contributed by atoms with Crippen molar-refractivity contribution in [1.29, 1.82) is 0 Å². The van der Waals surface area contributed by atoms with E-state index in [0.717, 1.165) is 49.4 Å². The molecule has 16 heteroatoms. The number of carboxylic acid groups (broad SMARTS) is 1. The predicted molar refractivity (Wildman–Crippen MR) is 239 cm³/mol. The van der Waals surface area contributed by atoms with Gasteiger partial charge >= 0.3 is 5.97 Å². The lowest BCUT2D eigenvalue weighted by Gasteiger charge is -2.32. The van der Waals surface area contributed by atoms with Crippen molar-refractivity contribution < 1.29 is 28.8 Å². The van der Waals surface area contributed by atoms with E-state index in [9.17, 15) is 9.90 Å². The lowest BCUT2D eigenvalue weighted by molar-refractivity contribution is -0.145. The number of benzene rings is 3. The number of ether oxygens (including phenoxy) is 4. The molecule has 0 aliphatic carbocycles. The van der Waals surface area contributed by atoms with E-state index in [1.54, 1.807) is 31.6 Å². The lowest BCUT2D eigenvalue weighted by atomic mass is 9.95. The third-order valence-corrected chi connectivity index (χ3v) is 12.2. The first-order valence-corrected chi connectivity index (χ1v) is 21.6. The standard InChI is InChI=1S/C46H47ClN8O6S/c1-5-55-19-17-34(51-55)43-40(32-14-15-37(42(47)29(32)2)59-25-24-54-22-20-53(3)21-23-54)41-39(27-49-43)62-52-45(41)61-38(46(56)57)26-30-10-6-8-12-35(30)60-28-31-16-18-48-44(50-31)33-11-7-9-13-36(33)58-4/h6-19,27,38H,5,20-26,28H2,1-4H3,(H,56,57). The molecule has 1 aliphatic heterocycles. The Hall–Kier alpha value is -6.13. The van der Waals surface area contributed by atoms with Gasteiger partial charge in [0, 0.05) is 69.8 Å². The van der Waals surface area contributed by atoms with Crippen LogP contribution in [0, 0.1) is 6.92 Å². The highest BCUT2D eigenvalue weighted by Gasteiger charge is 2.28. The molecule has 4 aromatic heterocycles. The summed E-state index contributed by atoms with van der Waals surface area (Å²) in [5.41, 5.74) is 5.48. The number of pyridine rings is 1. The van der Waals surface area contributed by atoms with E-state index >= 15 is 0 Å². The third kappa shape index (κ3) is 9.36. The molecular weight excluding hydrogens is 828 g/mol. The van der Waals surface area contributed by atoms with Gasteiger partial charge in [0.2, 0.25) is 12.0 Å². The minimum atomic E-state index is -1.33. The normalized spacial score (nSPS) is 13.9. The Morgan fingerprint density at radius 3 is 2.50 bits per heavy atom. The summed E-state index contributed by atoms with van der Waals surface area (Å²) in [5, 5.41) is 16.5. The zero-order valence-corrected chi connectivity index (χ0v) is 36.5. The molecule has 1 unspecified atom stereocenters. The summed E-state index contributed by atoms with van der Waals surface area (Å²) in [7, 11) is 3.74. The number of nitrogens with zero attached hydrogens (tertiary/aromatic N) is 8. The Balaban J connectivity index is 1.08. The highest BCUT2D eigenvalue weighted by Crippen LogP contribution is 2.46. The molecule has 0 spiro atoms. The predicted octanol–water partition coefficient (Wildman–Crippen LogP) is 7.95. The zero-order chi connectivity index (χ0) is 43.2. The van der Waals surface area contributed by atoms with Crippen LogP contribution in [0.25, 0.3) is 44.0 Å². The average molecular weight is 875 g/mol. The number of para-hydroxylation sites is 2. The first kappa shape index (κ1) is 42.6. The van der Waals surface area contributed by atoms with Crippen LogP contribution in [-0.4, -0.2) is 110 Å². The number of piperazine rings is 1. The molecule has 0 radical (unpaired) electrons. The van der Waals surface area contributed by atoms with Crippen LogP contribution in [-0.2, 0) is 24.4 Å². The van der Waals surface area contributed by atoms with E-state index < -0.39 is 12.1 Å². The number of hydrogen-bond donors (Lipinski definition) is 1. The molecule has 0 bridgehead atoms. The maximum atomic E-state index is 13.0. The van der Waals surface area contributed by atoms with Gasteiger partial charge in [-0.2, -0.15) is 9.47 Å². The van der Waals surface area contributed by atoms with Crippen molar-refractivity contribution in [3.05, 3.63) is 113 Å². The monoisotopic (exact) mass is 874 g/mol. The average Bonchev–Trinajstić information content (AvgIpc) is 3.95. The molecule has 0 saturated carbocycles. The Morgan fingerprint density at radius 1 is 0.935 bits per heavy atom. The van der Waals surface area contributed by atoms with Gasteiger partial charge in [0.25, 0.3) is 0 Å². The number of aliphatic carboxylic acids is 1. The van der Waals surface area contributed by atoms with E-state index in [0.29, 0.717) is 79.5 Å². The topological polar surface area (TPSA) is 150 Å². The number of methoxy groups -OCH3 is 1. The maximum Gasteiger partial charge on any atom is 0.345 e. The summed E-state index contributed by atoms with van der Waals surface area (Å²) in [6, 6.07) is 22.3. The summed E-state index contributed by atoms with van der Waals surface area (Å²) in [6.07, 6.45) is 3.95. The van der Waals surface area contributed by atoms with E-state index in [4.69, 9.17) is 45.6 Å². The summed E-state index contributed by atoms with van der Waals surface area (Å²) in [5.74, 6) is 1.25. The van der Waals surface area contributed by atoms with E-state index in [-0.39, 0.29) is 18.9 Å². The van der Waals surface area contributed by atoms with Gasteiger partial charge < -0.3 is 29.0 Å². The number of carboxylic acids is 1. The van der Waals surface area contributed by atoms with Crippen LogP contribution in [0.3, 0.4) is 0 Å². The number of hydrogen-bond acceptors (Lipinski definition) is 13. The fraction of sp³-hybridized carbons (Fsp3) is 0.304. The van der Waals surface area contributed by atoms with Crippen LogP contribution < -0.4 is 18.9 Å². The van der Waals surface area contributed by atoms with Gasteiger partial charge in [0.1, 0.15) is 36.2 Å². The molecule has 1 saturated heterocycles. The Bertz CT molecular complexity index is 2680. The maximum absolute atomic E-state index is 13.0. The van der Waals surface area contributed by atoms with Gasteiger partial charge in [-0.25, -0.2) is 14.8 Å². The summed E-state index contributed by atoms with van der Waals surface area (Å²) in [4.78, 5) is 31.8. The van der Waals surface area contributed by atoms with Crippen LogP contribution in [0.5, 0.6) is 23.1 Å². The lowest BCUT2D eigenvalue weighted by Crippen LogP contribution is -2.45. The molecule has 1 N–H and O–H groups in total. The number of fused-ring (bicyclic) bond motifs is 1. The fourth-order valence-electron chi connectivity index (χ4n) is 7.43. The molecule has 1 aliphatic rings. The van der Waals surface area contributed by atoms with E-state index in [2.05, 4.69) is 26.2 Å². The number of aromatic nitrogens is 6. The van der Waals surface area contributed by atoms with Gasteiger partial charge in [0.15, 0.2) is 5.82 Å². The van der Waals surface area contributed by atoms with Crippen molar-refractivity contribution in [3.63, 3.8) is 0 Å². The first-order chi connectivity index (χ1) is 30.2. The van der Waals surface area contributed by atoms with Crippen LogP contribution in [0.1, 0.15) is 23.7 Å². The second-order valence-electron chi connectivity index (χ2n) is 14.9. The number of rotatable bonds is 17. The van der Waals surface area contributed by atoms with Crippen LogP contribution in [0.2, 0.25) is 5.02 Å². The minimum Gasteiger partial charge on any atom is -0.496 e. The molecule has 320 valence electrons. The SMILES string of the molecule is CCn1ccc(-c2ncc3snc(OC(Cc4ccccc4OCc4ccnc(-c5ccccc5OC)n4)C(=O)O)c3c2-c2ccc(OCCN3CCN(C)CC3)c(Cl)c2C)n1. The quantitative estimate of drug-likeness (QED) is 0.0944. The molecule has 8 rings (SSSR count). The highest BCUT2D eigenvalue weighted by atomic mass is 35.5. The zero-order valence-electron chi connectivity index (χ0n) is 35.0. The molecule has 0 amide bonds. The molecule has 7 aromatic rings. The number of aryl methyl sites for hydroxylation is 1. The fourth-order valence-corrected chi connectivity index (χ4v) is 8.34. The smallest absolute Gasteiger partial charge is 0.345 e. The highest BCUT2D eigenvalue weighted by molar-refractivity contribution is 7.13. The molecule has 62 heavy (non-hydrogen) atoms. The first-order valence-electron chi connectivity index (χ1n) is 20.4. The molecule has 3 aromatic carbocycles. The molecule has 5 heterocycles. The third-order valence-electron chi connectivity index (χ3n) is 10.9. The van der Waals surface area contributed by atoms with Gasteiger partial charge in [-0.15, -0.1) is 0 Å². The molecule has 1 fully saturated rings. The van der Waals surface area contributed by atoms with Crippen molar-refractivity contribution in [2.75, 3.05) is 53.5 Å². The van der Waals surface area contributed by atoms with Crippen molar-refractivity contribution in [1.82, 2.24) is 38.9 Å². The second kappa shape index (κ2) is 19.3. The number of likely N-dealkylation sites (N-methyl/N-ethyl adjacent to an activating group) is 1. The van der Waals surface area contributed by atoms with Crippen LogP contribution in [0.15, 0.2) is 91.4 Å². The van der Waals surface area contributed by atoms with E-state index in [1.807, 2.05) is 85.4 Å². The van der Waals surface area contributed by atoms with Crippen molar-refractivity contribution in [2.24, 2.45) is 0 Å². The Labute approximate surface area is 368 Å². The van der Waals surface area contributed by atoms with Gasteiger partial charge in [0.05, 0.1) is 39.2 Å². The van der Waals surface area contributed by atoms with Crippen LogP contribution >= 0.6 is 23.1 Å². The second-order valence-corrected chi connectivity index (χ2v) is 16.1. The molecular formula is C46H47ClN8O6S. The van der Waals surface area contributed by atoms with Gasteiger partial charge in [-0.1, -0.05) is 48.0 Å². The minimum absolute atomic E-state index is 0.0139. The van der Waals surface area contributed by atoms with Crippen molar-refractivity contribution in [2.45, 2.75) is 39.5 Å². The molecule has 1 atom stereocenters.